The van der Waals surface area contributed by atoms with Crippen molar-refractivity contribution in [3.8, 4) is 11.5 Å². The molecule has 15 heavy (non-hydrogen) atoms. The molecule has 5 heteroatoms. The molecule has 0 bridgehead atoms. The second kappa shape index (κ2) is 3.87. The molecule has 1 saturated heterocycles. The summed E-state index contributed by atoms with van der Waals surface area (Å²) in [5.74, 6) is 0.403. The molecule has 0 spiro atoms. The summed E-state index contributed by atoms with van der Waals surface area (Å²) >= 11 is 0. The molecule has 2 aliphatic heterocycles. The van der Waals surface area contributed by atoms with Gasteiger partial charge < -0.3 is 14.8 Å². The van der Waals surface area contributed by atoms with E-state index in [1.807, 2.05) is 0 Å². The van der Waals surface area contributed by atoms with Crippen molar-refractivity contribution in [2.75, 3.05) is 13.1 Å². The van der Waals surface area contributed by atoms with Crippen molar-refractivity contribution in [1.82, 2.24) is 5.32 Å². The van der Waals surface area contributed by atoms with E-state index in [0.29, 0.717) is 5.75 Å². The monoisotopic (exact) mass is 231 g/mol. The number of rotatable bonds is 0. The lowest BCUT2D eigenvalue weighted by Crippen LogP contribution is -2.38. The molecule has 82 valence electrons. The van der Waals surface area contributed by atoms with Crippen molar-refractivity contribution in [3.63, 3.8) is 0 Å². The van der Waals surface area contributed by atoms with Gasteiger partial charge in [0.15, 0.2) is 17.3 Å². The molecule has 1 aromatic rings. The van der Waals surface area contributed by atoms with Crippen LogP contribution in [0.4, 0.5) is 4.39 Å². The maximum atomic E-state index is 13.3. The lowest BCUT2D eigenvalue weighted by molar-refractivity contribution is 0.0510. The van der Waals surface area contributed by atoms with E-state index in [1.54, 1.807) is 12.1 Å². The fourth-order valence-electron chi connectivity index (χ4n) is 1.88. The predicted molar refractivity (Wildman–Crippen MR) is 55.3 cm³/mol. The lowest BCUT2D eigenvalue weighted by Gasteiger charge is -2.28. The van der Waals surface area contributed by atoms with E-state index in [4.69, 9.17) is 9.47 Å². The second-order valence-electron chi connectivity index (χ2n) is 3.54. The highest BCUT2D eigenvalue weighted by Crippen LogP contribution is 2.36. The van der Waals surface area contributed by atoms with Crippen LogP contribution in [-0.4, -0.2) is 25.3 Å². The summed E-state index contributed by atoms with van der Waals surface area (Å²) in [7, 11) is 0. The molecule has 1 N–H and O–H groups in total. The Morgan fingerprint density at radius 1 is 1.20 bits per heavy atom. The molecule has 0 saturated carbocycles. The molecular weight excluding hydrogens is 221 g/mol. The van der Waals surface area contributed by atoms with Crippen LogP contribution in [0.25, 0.3) is 0 Å². The zero-order chi connectivity index (χ0) is 9.54. The van der Waals surface area contributed by atoms with Crippen LogP contribution in [0.2, 0.25) is 0 Å². The van der Waals surface area contributed by atoms with E-state index in [2.05, 4.69) is 5.32 Å². The normalized spacial score (nSPS) is 26.7. The highest BCUT2D eigenvalue weighted by molar-refractivity contribution is 5.85. The number of nitrogens with one attached hydrogen (secondary N) is 1. The Morgan fingerprint density at radius 3 is 2.73 bits per heavy atom. The summed E-state index contributed by atoms with van der Waals surface area (Å²) in [6, 6.07) is 4.73. The van der Waals surface area contributed by atoms with Gasteiger partial charge in [0, 0.05) is 13.1 Å². The molecule has 3 rings (SSSR count). The van der Waals surface area contributed by atoms with Crippen molar-refractivity contribution < 1.29 is 13.9 Å². The number of para-hydroxylation sites is 1. The lowest BCUT2D eigenvalue weighted by atomic mass is 10.2. The van der Waals surface area contributed by atoms with E-state index in [9.17, 15) is 4.39 Å². The van der Waals surface area contributed by atoms with Gasteiger partial charge >= 0.3 is 0 Å². The summed E-state index contributed by atoms with van der Waals surface area (Å²) in [5.41, 5.74) is 0. The summed E-state index contributed by atoms with van der Waals surface area (Å²) in [6.45, 7) is 1.49. The largest absolute Gasteiger partial charge is 0.481 e. The number of ether oxygens (including phenoxy) is 2. The molecule has 0 aliphatic carbocycles. The fraction of sp³-hybridized carbons (Fsp3) is 0.400. The zero-order valence-corrected chi connectivity index (χ0v) is 8.72. The van der Waals surface area contributed by atoms with Crippen LogP contribution in [-0.2, 0) is 0 Å². The van der Waals surface area contributed by atoms with Gasteiger partial charge in [-0.3, -0.25) is 0 Å². The Morgan fingerprint density at radius 2 is 1.93 bits per heavy atom. The zero-order valence-electron chi connectivity index (χ0n) is 7.90. The summed E-state index contributed by atoms with van der Waals surface area (Å²) in [4.78, 5) is 0. The van der Waals surface area contributed by atoms with Crippen LogP contribution in [0.15, 0.2) is 18.2 Å². The Balaban J connectivity index is 0.000000853. The van der Waals surface area contributed by atoms with E-state index in [-0.39, 0.29) is 36.2 Å². The molecule has 2 unspecified atom stereocenters. The number of benzene rings is 1. The molecule has 2 aliphatic rings. The first-order valence-electron chi connectivity index (χ1n) is 4.67. The van der Waals surface area contributed by atoms with Gasteiger partial charge in [0.1, 0.15) is 12.2 Å². The summed E-state index contributed by atoms with van der Waals surface area (Å²) < 4.78 is 24.4. The molecule has 3 nitrogen and oxygen atoms in total. The van der Waals surface area contributed by atoms with Crippen molar-refractivity contribution in [2.24, 2.45) is 0 Å². The van der Waals surface area contributed by atoms with E-state index < -0.39 is 0 Å². The van der Waals surface area contributed by atoms with Crippen molar-refractivity contribution in [2.45, 2.75) is 12.2 Å². The third kappa shape index (κ3) is 1.64. The summed E-state index contributed by atoms with van der Waals surface area (Å²) in [6.07, 6.45) is -0.0382. The minimum Gasteiger partial charge on any atom is -0.481 e. The molecular formula is C10H11ClFNO2. The maximum Gasteiger partial charge on any atom is 0.197 e. The van der Waals surface area contributed by atoms with Gasteiger partial charge in [-0.25, -0.2) is 4.39 Å². The Kier molecular flexibility index (Phi) is 2.71. The van der Waals surface area contributed by atoms with Crippen LogP contribution in [0.1, 0.15) is 0 Å². The van der Waals surface area contributed by atoms with Gasteiger partial charge in [0.25, 0.3) is 0 Å². The van der Waals surface area contributed by atoms with Gasteiger partial charge in [-0.1, -0.05) is 6.07 Å². The number of hydrogen-bond donors (Lipinski definition) is 1. The molecule has 1 fully saturated rings. The Hall–Kier alpha value is -1.00. The minimum atomic E-state index is -0.354. The molecule has 2 atom stereocenters. The second-order valence-corrected chi connectivity index (χ2v) is 3.54. The molecule has 0 amide bonds. The average Bonchev–Trinajstić information content (AvgIpc) is 2.62. The van der Waals surface area contributed by atoms with Crippen molar-refractivity contribution in [1.29, 1.82) is 0 Å². The first-order valence-corrected chi connectivity index (χ1v) is 4.67. The number of fused-ring (bicyclic) bond motifs is 2. The first kappa shape index (κ1) is 10.5. The van der Waals surface area contributed by atoms with Gasteiger partial charge in [0.2, 0.25) is 0 Å². The minimum absolute atomic E-state index is 0. The Labute approximate surface area is 93.0 Å². The number of hydrogen-bond acceptors (Lipinski definition) is 3. The Bertz CT molecular complexity index is 374. The van der Waals surface area contributed by atoms with Crippen LogP contribution >= 0.6 is 12.4 Å². The smallest absolute Gasteiger partial charge is 0.197 e. The highest BCUT2D eigenvalue weighted by atomic mass is 35.5. The fourth-order valence-corrected chi connectivity index (χ4v) is 1.88. The summed E-state index contributed by atoms with van der Waals surface area (Å²) in [5, 5.41) is 3.15. The van der Waals surface area contributed by atoms with E-state index in [1.165, 1.54) is 6.07 Å². The predicted octanol–water partition coefficient (Wildman–Crippen LogP) is 1.36. The van der Waals surface area contributed by atoms with E-state index in [0.717, 1.165) is 13.1 Å². The quantitative estimate of drug-likeness (QED) is 0.732. The molecule has 1 aromatic carbocycles. The van der Waals surface area contributed by atoms with Crippen LogP contribution in [0.5, 0.6) is 11.5 Å². The maximum absolute atomic E-state index is 13.3. The van der Waals surface area contributed by atoms with Gasteiger partial charge in [-0.15, -0.1) is 12.4 Å². The SMILES string of the molecule is Cl.Fc1cccc2c1OC1CNCC1O2. The molecule has 0 aromatic heterocycles. The van der Waals surface area contributed by atoms with Gasteiger partial charge in [0.05, 0.1) is 0 Å². The van der Waals surface area contributed by atoms with Gasteiger partial charge in [-0.05, 0) is 12.1 Å². The molecule has 0 radical (unpaired) electrons. The standard InChI is InChI=1S/C10H10FNO2.ClH/c11-6-2-1-3-7-10(6)14-9-5-12-4-8(9)13-7;/h1-3,8-9,12H,4-5H2;1H. The van der Waals surface area contributed by atoms with Crippen molar-refractivity contribution >= 4 is 12.4 Å². The van der Waals surface area contributed by atoms with Crippen molar-refractivity contribution in [3.05, 3.63) is 24.0 Å². The number of halogens is 2. The first-order chi connectivity index (χ1) is 6.84. The third-order valence-electron chi connectivity index (χ3n) is 2.58. The third-order valence-corrected chi connectivity index (χ3v) is 2.58. The average molecular weight is 232 g/mol. The van der Waals surface area contributed by atoms with Gasteiger partial charge in [-0.2, -0.15) is 0 Å². The topological polar surface area (TPSA) is 30.5 Å². The van der Waals surface area contributed by atoms with E-state index >= 15 is 0 Å². The molecule has 2 heterocycles. The van der Waals surface area contributed by atoms with Crippen LogP contribution in [0, 0.1) is 5.82 Å². The highest BCUT2D eigenvalue weighted by Gasteiger charge is 2.36. The van der Waals surface area contributed by atoms with Crippen LogP contribution in [0.3, 0.4) is 0 Å². The van der Waals surface area contributed by atoms with Crippen LogP contribution < -0.4 is 14.8 Å².